The van der Waals surface area contributed by atoms with E-state index in [-0.39, 0.29) is 11.7 Å². The molecule has 3 aromatic carbocycles. The number of ether oxygens (including phenoxy) is 4. The summed E-state index contributed by atoms with van der Waals surface area (Å²) in [5.74, 6) is 2.59. The summed E-state index contributed by atoms with van der Waals surface area (Å²) < 4.78 is 22.5. The molecule has 10 heteroatoms. The standard InChI is InChI=1S/C32H34ClN3O6/c1-18(2)17-42-25-11-7-20(15-27(25)41-5)31-28-29(22-16-21(33)8-9-23(22)37)34-35-30(28)32(38)36(31)13-12-19-6-10-24(39-3)26(14-19)40-4/h6-11,14-16,18,31,37H,12-13,17H2,1-5H3,(H,34,35). The van der Waals surface area contributed by atoms with E-state index in [2.05, 4.69) is 24.0 Å². The van der Waals surface area contributed by atoms with Crippen LogP contribution in [-0.4, -0.2) is 60.6 Å². The Bertz CT molecular complexity index is 1600. The molecule has 5 rings (SSSR count). The molecule has 0 spiro atoms. The number of benzene rings is 3. The number of carbonyl (C=O) groups excluding carboxylic acids is 1. The largest absolute Gasteiger partial charge is 0.507 e. The van der Waals surface area contributed by atoms with Crippen LogP contribution in [0.1, 0.15) is 47.1 Å². The molecule has 1 aliphatic rings. The third-order valence-corrected chi connectivity index (χ3v) is 7.48. The Morgan fingerprint density at radius 1 is 0.952 bits per heavy atom. The number of nitrogens with one attached hydrogen (secondary N) is 1. The summed E-state index contributed by atoms with van der Waals surface area (Å²) in [6.07, 6.45) is 0.560. The van der Waals surface area contributed by atoms with E-state index in [1.54, 1.807) is 38.4 Å². The third kappa shape index (κ3) is 5.56. The van der Waals surface area contributed by atoms with Crippen LogP contribution in [0.5, 0.6) is 28.7 Å². The smallest absolute Gasteiger partial charge is 0.273 e. The zero-order valence-corrected chi connectivity index (χ0v) is 25.0. The summed E-state index contributed by atoms with van der Waals surface area (Å²) in [7, 11) is 4.78. The van der Waals surface area contributed by atoms with E-state index in [4.69, 9.17) is 30.5 Å². The number of aromatic nitrogens is 2. The molecule has 0 radical (unpaired) electrons. The number of nitrogens with zero attached hydrogens (tertiary/aromatic N) is 2. The summed E-state index contributed by atoms with van der Waals surface area (Å²) in [4.78, 5) is 15.7. The van der Waals surface area contributed by atoms with Crippen molar-refractivity contribution in [2.75, 3.05) is 34.5 Å². The van der Waals surface area contributed by atoms with Crippen LogP contribution in [0.2, 0.25) is 5.02 Å². The first kappa shape index (κ1) is 29.1. The molecule has 0 bridgehead atoms. The van der Waals surface area contributed by atoms with Crippen molar-refractivity contribution in [3.63, 3.8) is 0 Å². The minimum absolute atomic E-state index is 0.0127. The van der Waals surface area contributed by atoms with Crippen molar-refractivity contribution in [2.24, 2.45) is 5.92 Å². The monoisotopic (exact) mass is 591 g/mol. The highest BCUT2D eigenvalue weighted by Gasteiger charge is 2.42. The maximum atomic E-state index is 13.9. The highest BCUT2D eigenvalue weighted by atomic mass is 35.5. The lowest BCUT2D eigenvalue weighted by molar-refractivity contribution is 0.0745. The second-order valence-corrected chi connectivity index (χ2v) is 10.9. The van der Waals surface area contributed by atoms with Crippen LogP contribution >= 0.6 is 11.6 Å². The fourth-order valence-electron chi connectivity index (χ4n) is 5.19. The van der Waals surface area contributed by atoms with Crippen LogP contribution in [0.15, 0.2) is 54.6 Å². The number of H-pyrrole nitrogens is 1. The summed E-state index contributed by atoms with van der Waals surface area (Å²) >= 11 is 6.29. The van der Waals surface area contributed by atoms with Crippen molar-refractivity contribution in [1.82, 2.24) is 15.1 Å². The van der Waals surface area contributed by atoms with Gasteiger partial charge in [0, 0.05) is 22.7 Å². The number of halogens is 1. The minimum atomic E-state index is -0.521. The first-order chi connectivity index (χ1) is 20.2. The predicted molar refractivity (Wildman–Crippen MR) is 160 cm³/mol. The number of methoxy groups -OCH3 is 3. The number of rotatable bonds is 11. The Labute approximate surface area is 249 Å². The molecule has 0 saturated heterocycles. The van der Waals surface area contributed by atoms with Gasteiger partial charge in [0.15, 0.2) is 23.0 Å². The number of aromatic hydroxyl groups is 1. The van der Waals surface area contributed by atoms with Crippen LogP contribution in [-0.2, 0) is 6.42 Å². The number of carbonyl (C=O) groups is 1. The van der Waals surface area contributed by atoms with Gasteiger partial charge in [0.2, 0.25) is 0 Å². The van der Waals surface area contributed by atoms with Gasteiger partial charge in [-0.2, -0.15) is 5.10 Å². The number of phenols is 1. The average molecular weight is 592 g/mol. The number of fused-ring (bicyclic) bond motifs is 1. The van der Waals surface area contributed by atoms with Gasteiger partial charge in [0.05, 0.1) is 34.0 Å². The maximum Gasteiger partial charge on any atom is 0.273 e. The summed E-state index contributed by atoms with van der Waals surface area (Å²) in [5.41, 5.74) is 3.70. The van der Waals surface area contributed by atoms with Crippen molar-refractivity contribution < 1.29 is 28.8 Å². The van der Waals surface area contributed by atoms with Crippen LogP contribution in [0.4, 0.5) is 0 Å². The van der Waals surface area contributed by atoms with Crippen LogP contribution in [0, 0.1) is 5.92 Å². The highest BCUT2D eigenvalue weighted by molar-refractivity contribution is 6.31. The minimum Gasteiger partial charge on any atom is -0.507 e. The van der Waals surface area contributed by atoms with Gasteiger partial charge in [-0.15, -0.1) is 0 Å². The Balaban J connectivity index is 1.57. The molecule has 220 valence electrons. The number of aromatic amines is 1. The highest BCUT2D eigenvalue weighted by Crippen LogP contribution is 2.46. The van der Waals surface area contributed by atoms with Crippen LogP contribution < -0.4 is 18.9 Å². The van der Waals surface area contributed by atoms with E-state index < -0.39 is 6.04 Å². The van der Waals surface area contributed by atoms with Gasteiger partial charge in [-0.1, -0.05) is 37.6 Å². The van der Waals surface area contributed by atoms with Crippen molar-refractivity contribution in [2.45, 2.75) is 26.3 Å². The molecule has 1 aliphatic heterocycles. The molecule has 2 N–H and O–H groups in total. The predicted octanol–water partition coefficient (Wildman–Crippen LogP) is 6.28. The van der Waals surface area contributed by atoms with Crippen molar-refractivity contribution in [1.29, 1.82) is 0 Å². The topological polar surface area (TPSA) is 106 Å². The summed E-state index contributed by atoms with van der Waals surface area (Å²) in [6.45, 7) is 5.10. The van der Waals surface area contributed by atoms with Crippen LogP contribution in [0.25, 0.3) is 11.3 Å². The summed E-state index contributed by atoms with van der Waals surface area (Å²) in [5, 5.41) is 18.6. The zero-order chi connectivity index (χ0) is 30.0. The molecule has 0 fully saturated rings. The molecule has 1 aromatic heterocycles. The van der Waals surface area contributed by atoms with Gasteiger partial charge in [-0.25, -0.2) is 0 Å². The molecule has 0 aliphatic carbocycles. The number of phenolic OH excluding ortho intramolecular Hbond substituents is 1. The molecule has 1 amide bonds. The lowest BCUT2D eigenvalue weighted by Crippen LogP contribution is -2.31. The Kier molecular flexibility index (Phi) is 8.49. The second kappa shape index (κ2) is 12.2. The van der Waals surface area contributed by atoms with Gasteiger partial charge in [0.25, 0.3) is 5.91 Å². The van der Waals surface area contributed by atoms with E-state index in [9.17, 15) is 9.90 Å². The zero-order valence-electron chi connectivity index (χ0n) is 24.2. The van der Waals surface area contributed by atoms with E-state index in [0.29, 0.717) is 76.0 Å². The molecule has 42 heavy (non-hydrogen) atoms. The van der Waals surface area contributed by atoms with Gasteiger partial charge < -0.3 is 29.0 Å². The summed E-state index contributed by atoms with van der Waals surface area (Å²) in [6, 6.07) is 15.6. The van der Waals surface area contributed by atoms with Crippen molar-refractivity contribution >= 4 is 17.5 Å². The first-order valence-electron chi connectivity index (χ1n) is 13.6. The van der Waals surface area contributed by atoms with Gasteiger partial charge in [-0.3, -0.25) is 9.89 Å². The molecule has 9 nitrogen and oxygen atoms in total. The van der Waals surface area contributed by atoms with Crippen LogP contribution in [0.3, 0.4) is 0 Å². The van der Waals surface area contributed by atoms with E-state index in [1.165, 1.54) is 6.07 Å². The molecule has 4 aromatic rings. The molecule has 2 heterocycles. The van der Waals surface area contributed by atoms with E-state index >= 15 is 0 Å². The molecule has 0 saturated carbocycles. The molecule has 1 unspecified atom stereocenters. The third-order valence-electron chi connectivity index (χ3n) is 7.24. The fourth-order valence-corrected chi connectivity index (χ4v) is 5.36. The number of hydrogen-bond donors (Lipinski definition) is 2. The first-order valence-corrected chi connectivity index (χ1v) is 14.0. The molecular weight excluding hydrogens is 558 g/mol. The van der Waals surface area contributed by atoms with Crippen molar-refractivity contribution in [3.8, 4) is 40.0 Å². The Morgan fingerprint density at radius 2 is 1.67 bits per heavy atom. The van der Waals surface area contributed by atoms with Gasteiger partial charge in [-0.05, 0) is 65.9 Å². The lowest BCUT2D eigenvalue weighted by atomic mass is 9.95. The SMILES string of the molecule is COc1ccc(CCN2C(=O)c3[nH]nc(-c4cc(Cl)ccc4O)c3C2c2ccc(OCC(C)C)c(OC)c2)cc1OC. The average Bonchev–Trinajstić information content (AvgIpc) is 3.54. The molecular formula is C32H34ClN3O6. The Morgan fingerprint density at radius 3 is 2.38 bits per heavy atom. The van der Waals surface area contributed by atoms with Crippen molar-refractivity contribution in [3.05, 3.63) is 82.0 Å². The second-order valence-electron chi connectivity index (χ2n) is 10.5. The Hall–Kier alpha value is -4.37. The molecule has 1 atom stereocenters. The number of hydrogen-bond acceptors (Lipinski definition) is 7. The lowest BCUT2D eigenvalue weighted by Gasteiger charge is -2.27. The normalized spacial score (nSPS) is 14.3. The van der Waals surface area contributed by atoms with E-state index in [0.717, 1.165) is 11.1 Å². The van der Waals surface area contributed by atoms with Gasteiger partial charge >= 0.3 is 0 Å². The quantitative estimate of drug-likeness (QED) is 0.211. The maximum absolute atomic E-state index is 13.9. The number of amides is 1. The van der Waals surface area contributed by atoms with E-state index in [1.807, 2.05) is 36.4 Å². The van der Waals surface area contributed by atoms with Gasteiger partial charge in [0.1, 0.15) is 17.1 Å². The fraction of sp³-hybridized carbons (Fsp3) is 0.312.